The van der Waals surface area contributed by atoms with Crippen LogP contribution in [0.4, 0.5) is 13.2 Å². The van der Waals surface area contributed by atoms with E-state index in [2.05, 4.69) is 15.6 Å². The maximum absolute atomic E-state index is 13.5. The fraction of sp³-hybridized carbons (Fsp3) is 0.235. The average molecular weight is 321 g/mol. The molecule has 0 spiro atoms. The molecular formula is C17H18F3N3. The zero-order valence-electron chi connectivity index (χ0n) is 12.7. The van der Waals surface area contributed by atoms with Gasteiger partial charge in [0.15, 0.2) is 17.6 Å². The van der Waals surface area contributed by atoms with Crippen LogP contribution in [0.1, 0.15) is 11.1 Å². The summed E-state index contributed by atoms with van der Waals surface area (Å²) >= 11 is 0. The van der Waals surface area contributed by atoms with Crippen molar-refractivity contribution in [2.75, 3.05) is 13.6 Å². The van der Waals surface area contributed by atoms with Crippen molar-refractivity contribution in [1.29, 1.82) is 0 Å². The fourth-order valence-corrected chi connectivity index (χ4v) is 2.07. The van der Waals surface area contributed by atoms with Gasteiger partial charge in [-0.05, 0) is 35.7 Å². The molecule has 0 aromatic heterocycles. The highest BCUT2D eigenvalue weighted by Gasteiger charge is 2.07. The van der Waals surface area contributed by atoms with Crippen LogP contribution in [0.3, 0.4) is 0 Å². The van der Waals surface area contributed by atoms with Crippen LogP contribution in [-0.4, -0.2) is 19.6 Å². The molecule has 0 aliphatic rings. The van der Waals surface area contributed by atoms with E-state index in [0.29, 0.717) is 31.0 Å². The molecule has 0 aliphatic carbocycles. The molecule has 2 aromatic rings. The highest BCUT2D eigenvalue weighted by atomic mass is 19.2. The predicted molar refractivity (Wildman–Crippen MR) is 84.7 cm³/mol. The molecule has 0 atom stereocenters. The van der Waals surface area contributed by atoms with Gasteiger partial charge in [-0.25, -0.2) is 13.2 Å². The summed E-state index contributed by atoms with van der Waals surface area (Å²) < 4.78 is 39.5. The van der Waals surface area contributed by atoms with Gasteiger partial charge in [-0.3, -0.25) is 4.99 Å². The lowest BCUT2D eigenvalue weighted by molar-refractivity contribution is 0.498. The molecule has 0 bridgehead atoms. The molecule has 2 N–H and O–H groups in total. The molecule has 0 aliphatic heterocycles. The summed E-state index contributed by atoms with van der Waals surface area (Å²) in [7, 11) is 1.61. The minimum atomic E-state index is -0.846. The second-order valence-electron chi connectivity index (χ2n) is 4.94. The Morgan fingerprint density at radius 3 is 2.43 bits per heavy atom. The van der Waals surface area contributed by atoms with E-state index in [1.165, 1.54) is 18.2 Å². The summed E-state index contributed by atoms with van der Waals surface area (Å²) in [4.78, 5) is 4.04. The average Bonchev–Trinajstić information content (AvgIpc) is 2.56. The Balaban J connectivity index is 1.81. The molecule has 0 radical (unpaired) electrons. The molecule has 0 amide bonds. The number of rotatable bonds is 5. The molecule has 0 saturated carbocycles. The van der Waals surface area contributed by atoms with Gasteiger partial charge in [0.1, 0.15) is 5.82 Å². The fourth-order valence-electron chi connectivity index (χ4n) is 2.07. The predicted octanol–water partition coefficient (Wildman–Crippen LogP) is 3.01. The van der Waals surface area contributed by atoms with Crippen LogP contribution in [0.2, 0.25) is 0 Å². The molecule has 3 nitrogen and oxygen atoms in total. The molecule has 6 heteroatoms. The van der Waals surface area contributed by atoms with Crippen molar-refractivity contribution in [3.05, 3.63) is 71.0 Å². The van der Waals surface area contributed by atoms with Gasteiger partial charge in [0.05, 0.1) is 0 Å². The summed E-state index contributed by atoms with van der Waals surface area (Å²) in [6.07, 6.45) is 0.334. The van der Waals surface area contributed by atoms with Gasteiger partial charge in [0.2, 0.25) is 0 Å². The minimum Gasteiger partial charge on any atom is -0.356 e. The monoisotopic (exact) mass is 321 g/mol. The van der Waals surface area contributed by atoms with Crippen LogP contribution in [0.15, 0.2) is 47.5 Å². The zero-order valence-corrected chi connectivity index (χ0v) is 12.7. The third kappa shape index (κ3) is 5.02. The second-order valence-corrected chi connectivity index (χ2v) is 4.94. The summed E-state index contributed by atoms with van der Waals surface area (Å²) in [6, 6.07) is 10.3. The van der Waals surface area contributed by atoms with E-state index in [9.17, 15) is 13.2 Å². The van der Waals surface area contributed by atoms with Crippen molar-refractivity contribution in [3.63, 3.8) is 0 Å². The van der Waals surface area contributed by atoms with Gasteiger partial charge >= 0.3 is 0 Å². The smallest absolute Gasteiger partial charge is 0.191 e. The molecule has 0 saturated heterocycles. The molecule has 2 aromatic carbocycles. The number of nitrogens with one attached hydrogen (secondary N) is 2. The van der Waals surface area contributed by atoms with Gasteiger partial charge in [-0.15, -0.1) is 0 Å². The largest absolute Gasteiger partial charge is 0.356 e. The zero-order chi connectivity index (χ0) is 16.7. The molecule has 0 heterocycles. The van der Waals surface area contributed by atoms with E-state index < -0.39 is 11.6 Å². The summed E-state index contributed by atoms with van der Waals surface area (Å²) in [5.41, 5.74) is 1.22. The number of hydrogen-bond acceptors (Lipinski definition) is 1. The van der Waals surface area contributed by atoms with Gasteiger partial charge in [0.25, 0.3) is 0 Å². The molecule has 0 fully saturated rings. The van der Waals surface area contributed by atoms with Crippen LogP contribution in [0, 0.1) is 17.5 Å². The second kappa shape index (κ2) is 8.22. The van der Waals surface area contributed by atoms with E-state index in [1.54, 1.807) is 25.2 Å². The maximum Gasteiger partial charge on any atom is 0.191 e. The first kappa shape index (κ1) is 16.9. The highest BCUT2D eigenvalue weighted by molar-refractivity contribution is 5.79. The number of aliphatic imine (C=N–C) groups is 1. The first-order valence-electron chi connectivity index (χ1n) is 7.22. The van der Waals surface area contributed by atoms with Crippen LogP contribution in [-0.2, 0) is 13.0 Å². The minimum absolute atomic E-state index is 0.284. The molecule has 23 heavy (non-hydrogen) atoms. The SMILES string of the molecule is CN=C(NCCc1cccc(F)c1F)NCc1ccc(F)cc1. The standard InChI is InChI=1S/C17H18F3N3/c1-21-17(23-11-12-5-7-14(18)8-6-12)22-10-9-13-3-2-4-15(19)16(13)20/h2-8H,9-11H2,1H3,(H2,21,22,23). The van der Waals surface area contributed by atoms with Gasteiger partial charge in [-0.1, -0.05) is 24.3 Å². The lowest BCUT2D eigenvalue weighted by Gasteiger charge is -2.12. The van der Waals surface area contributed by atoms with Crippen LogP contribution in [0.5, 0.6) is 0 Å². The first-order valence-corrected chi connectivity index (χ1v) is 7.22. The lowest BCUT2D eigenvalue weighted by atomic mass is 10.1. The van der Waals surface area contributed by atoms with Crippen molar-refractivity contribution in [2.24, 2.45) is 4.99 Å². The third-order valence-electron chi connectivity index (χ3n) is 3.32. The van der Waals surface area contributed by atoms with Gasteiger partial charge in [-0.2, -0.15) is 0 Å². The van der Waals surface area contributed by atoms with Crippen LogP contribution < -0.4 is 10.6 Å². The van der Waals surface area contributed by atoms with Gasteiger partial charge in [0, 0.05) is 20.1 Å². The van der Waals surface area contributed by atoms with Crippen molar-refractivity contribution >= 4 is 5.96 Å². The van der Waals surface area contributed by atoms with E-state index >= 15 is 0 Å². The van der Waals surface area contributed by atoms with Crippen LogP contribution >= 0.6 is 0 Å². The normalized spacial score (nSPS) is 11.4. The summed E-state index contributed by atoms with van der Waals surface area (Å²) in [5, 5.41) is 6.09. The number of hydrogen-bond donors (Lipinski definition) is 2. The van der Waals surface area contributed by atoms with Gasteiger partial charge < -0.3 is 10.6 Å². The highest BCUT2D eigenvalue weighted by Crippen LogP contribution is 2.11. The Kier molecular flexibility index (Phi) is 6.02. The Bertz CT molecular complexity index is 669. The Labute approximate surface area is 133 Å². The number of guanidine groups is 1. The van der Waals surface area contributed by atoms with Crippen molar-refractivity contribution in [2.45, 2.75) is 13.0 Å². The van der Waals surface area contributed by atoms with E-state index in [0.717, 1.165) is 11.6 Å². The topological polar surface area (TPSA) is 36.4 Å². The first-order chi connectivity index (χ1) is 11.1. The van der Waals surface area contributed by atoms with Crippen molar-refractivity contribution < 1.29 is 13.2 Å². The van der Waals surface area contributed by atoms with E-state index in [-0.39, 0.29) is 5.82 Å². The Morgan fingerprint density at radius 1 is 1.00 bits per heavy atom. The van der Waals surface area contributed by atoms with Crippen LogP contribution in [0.25, 0.3) is 0 Å². The quantitative estimate of drug-likeness (QED) is 0.656. The lowest BCUT2D eigenvalue weighted by Crippen LogP contribution is -2.37. The van der Waals surface area contributed by atoms with E-state index in [4.69, 9.17) is 0 Å². The summed E-state index contributed by atoms with van der Waals surface area (Å²) in [5.74, 6) is -1.41. The van der Waals surface area contributed by atoms with E-state index in [1.807, 2.05) is 0 Å². The van der Waals surface area contributed by atoms with Crippen molar-refractivity contribution in [3.8, 4) is 0 Å². The molecular weight excluding hydrogens is 303 g/mol. The Hall–Kier alpha value is -2.50. The molecule has 122 valence electrons. The number of nitrogens with zero attached hydrogens (tertiary/aromatic N) is 1. The summed E-state index contributed by atoms with van der Waals surface area (Å²) in [6.45, 7) is 0.887. The molecule has 2 rings (SSSR count). The molecule has 0 unspecified atom stereocenters. The van der Waals surface area contributed by atoms with Crippen molar-refractivity contribution in [1.82, 2.24) is 10.6 Å². The third-order valence-corrected chi connectivity index (χ3v) is 3.32. The Morgan fingerprint density at radius 2 is 1.74 bits per heavy atom. The maximum atomic E-state index is 13.5. The number of benzene rings is 2. The number of halogens is 3.